The van der Waals surface area contributed by atoms with Crippen molar-refractivity contribution in [3.8, 4) is 22.2 Å². The number of hydrogen-bond acceptors (Lipinski definition) is 7. The molecule has 4 aromatic rings. The number of nitro benzene ring substituents is 1. The minimum absolute atomic E-state index is 0.0124. The molecule has 2 aromatic carbocycles. The van der Waals surface area contributed by atoms with Gasteiger partial charge < -0.3 is 20.1 Å². The lowest BCUT2D eigenvalue weighted by atomic mass is 10.1. The Morgan fingerprint density at radius 3 is 2.73 bits per heavy atom. The second kappa shape index (κ2) is 8.21. The molecule has 2 aromatic heterocycles. The number of imidazole rings is 1. The van der Waals surface area contributed by atoms with E-state index in [1.807, 2.05) is 17.5 Å². The number of fused-ring (bicyclic) bond motifs is 1. The molecule has 30 heavy (non-hydrogen) atoms. The predicted molar refractivity (Wildman–Crippen MR) is 112 cm³/mol. The smallest absolute Gasteiger partial charge is 0.269 e. The molecule has 1 amide bonds. The number of nitrogens with zero attached hydrogens (tertiary/aromatic N) is 2. The second-order valence-electron chi connectivity index (χ2n) is 6.27. The van der Waals surface area contributed by atoms with E-state index >= 15 is 0 Å². The highest BCUT2D eigenvalue weighted by atomic mass is 32.1. The van der Waals surface area contributed by atoms with Crippen molar-refractivity contribution >= 4 is 34.0 Å². The van der Waals surface area contributed by atoms with E-state index in [2.05, 4.69) is 15.3 Å². The molecular formula is C20H16N4O5S. The largest absolute Gasteiger partial charge is 0.506 e. The third-order valence-corrected chi connectivity index (χ3v) is 5.20. The quantitative estimate of drug-likeness (QED) is 0.235. The molecule has 0 bridgehead atoms. The van der Waals surface area contributed by atoms with Gasteiger partial charge in [0, 0.05) is 12.1 Å². The lowest BCUT2D eigenvalue weighted by Crippen LogP contribution is -2.28. The third-order valence-electron chi connectivity index (χ3n) is 4.33. The van der Waals surface area contributed by atoms with Crippen LogP contribution in [0.5, 0.6) is 11.5 Å². The van der Waals surface area contributed by atoms with Crippen molar-refractivity contribution in [1.82, 2.24) is 15.3 Å². The number of rotatable bonds is 7. The number of ether oxygens (including phenoxy) is 1. The van der Waals surface area contributed by atoms with E-state index in [1.54, 1.807) is 0 Å². The van der Waals surface area contributed by atoms with Gasteiger partial charge in [0.1, 0.15) is 35.0 Å². The summed E-state index contributed by atoms with van der Waals surface area (Å²) in [5.74, 6) is 0.710. The van der Waals surface area contributed by atoms with Gasteiger partial charge in [0.15, 0.2) is 0 Å². The molecule has 152 valence electrons. The first kappa shape index (κ1) is 19.4. The number of nitrogens with one attached hydrogen (secondary N) is 2. The van der Waals surface area contributed by atoms with Gasteiger partial charge in [-0.3, -0.25) is 14.9 Å². The summed E-state index contributed by atoms with van der Waals surface area (Å²) in [6, 6.07) is 12.5. The van der Waals surface area contributed by atoms with E-state index in [4.69, 9.17) is 4.74 Å². The number of aromatic nitrogens is 2. The van der Waals surface area contributed by atoms with Crippen LogP contribution in [0.25, 0.3) is 21.7 Å². The zero-order valence-corrected chi connectivity index (χ0v) is 16.3. The summed E-state index contributed by atoms with van der Waals surface area (Å²) >= 11 is 1.50. The molecule has 9 nitrogen and oxygen atoms in total. The van der Waals surface area contributed by atoms with Gasteiger partial charge >= 0.3 is 0 Å². The number of aromatic amines is 1. The molecule has 0 aliphatic carbocycles. The van der Waals surface area contributed by atoms with Crippen LogP contribution in [0.4, 0.5) is 5.69 Å². The summed E-state index contributed by atoms with van der Waals surface area (Å²) < 4.78 is 5.49. The van der Waals surface area contributed by atoms with Crippen molar-refractivity contribution < 1.29 is 19.6 Å². The van der Waals surface area contributed by atoms with Crippen LogP contribution in [0.3, 0.4) is 0 Å². The minimum atomic E-state index is -0.485. The number of benzene rings is 2. The summed E-state index contributed by atoms with van der Waals surface area (Å²) in [4.78, 5) is 31.2. The van der Waals surface area contributed by atoms with Gasteiger partial charge in [0.2, 0.25) is 0 Å². The molecule has 0 atom stereocenters. The number of hydrogen-bond donors (Lipinski definition) is 3. The summed E-state index contributed by atoms with van der Waals surface area (Å²) in [5, 5.41) is 25.4. The third kappa shape index (κ3) is 3.94. The normalized spacial score (nSPS) is 10.8. The Labute approximate surface area is 174 Å². The lowest BCUT2D eigenvalue weighted by Gasteiger charge is -2.08. The number of phenols is 1. The Morgan fingerprint density at radius 1 is 1.23 bits per heavy atom. The monoisotopic (exact) mass is 424 g/mol. The van der Waals surface area contributed by atoms with E-state index in [0.717, 1.165) is 4.88 Å². The Morgan fingerprint density at radius 2 is 2.03 bits per heavy atom. The zero-order valence-electron chi connectivity index (χ0n) is 15.5. The maximum atomic E-state index is 12.6. The molecule has 2 heterocycles. The van der Waals surface area contributed by atoms with Gasteiger partial charge in [-0.15, -0.1) is 11.3 Å². The van der Waals surface area contributed by atoms with E-state index < -0.39 is 4.92 Å². The molecule has 0 fully saturated rings. The fraction of sp³-hybridized carbons (Fsp3) is 0.100. The van der Waals surface area contributed by atoms with Crippen LogP contribution in [0.1, 0.15) is 10.4 Å². The second-order valence-corrected chi connectivity index (χ2v) is 7.22. The van der Waals surface area contributed by atoms with Crippen LogP contribution in [0.2, 0.25) is 0 Å². The molecule has 0 spiro atoms. The maximum absolute atomic E-state index is 12.6. The molecule has 0 radical (unpaired) electrons. The van der Waals surface area contributed by atoms with Gasteiger partial charge in [-0.05, 0) is 35.7 Å². The summed E-state index contributed by atoms with van der Waals surface area (Å²) in [6.45, 7) is 0.409. The first-order valence-electron chi connectivity index (χ1n) is 8.94. The molecule has 0 aliphatic heterocycles. The van der Waals surface area contributed by atoms with Crippen LogP contribution < -0.4 is 10.1 Å². The first-order chi connectivity index (χ1) is 14.5. The number of phenolic OH excluding ortho intramolecular Hbond substituents is 1. The Kier molecular flexibility index (Phi) is 5.31. The van der Waals surface area contributed by atoms with Gasteiger partial charge in [0.25, 0.3) is 11.6 Å². The first-order valence-corrected chi connectivity index (χ1v) is 9.82. The van der Waals surface area contributed by atoms with E-state index in [-0.39, 0.29) is 30.5 Å². The number of aromatic hydroxyl groups is 1. The zero-order chi connectivity index (χ0) is 21.1. The number of carbonyl (C=O) groups is 1. The van der Waals surface area contributed by atoms with Gasteiger partial charge in [-0.2, -0.15) is 0 Å². The Hall–Kier alpha value is -3.92. The van der Waals surface area contributed by atoms with Crippen LogP contribution in [0.15, 0.2) is 53.9 Å². The SMILES string of the molecule is O=C(NCCOc1ccc([N+](=O)[O-])cc1)c1ccc(O)c2[nH]c(-c3cccs3)nc12. The summed E-state index contributed by atoms with van der Waals surface area (Å²) in [7, 11) is 0. The summed E-state index contributed by atoms with van der Waals surface area (Å²) in [6.07, 6.45) is 0. The molecule has 10 heteroatoms. The van der Waals surface area contributed by atoms with Crippen molar-refractivity contribution in [2.24, 2.45) is 0 Å². The van der Waals surface area contributed by atoms with Crippen molar-refractivity contribution in [3.05, 3.63) is 69.6 Å². The van der Waals surface area contributed by atoms with Gasteiger partial charge in [-0.25, -0.2) is 4.98 Å². The van der Waals surface area contributed by atoms with E-state index in [9.17, 15) is 20.0 Å². The average molecular weight is 424 g/mol. The number of non-ortho nitro benzene ring substituents is 1. The summed E-state index contributed by atoms with van der Waals surface area (Å²) in [5.41, 5.74) is 1.09. The van der Waals surface area contributed by atoms with Crippen LogP contribution in [0, 0.1) is 10.1 Å². The maximum Gasteiger partial charge on any atom is 0.269 e. The van der Waals surface area contributed by atoms with Crippen LogP contribution in [-0.4, -0.2) is 39.1 Å². The highest BCUT2D eigenvalue weighted by molar-refractivity contribution is 7.13. The van der Waals surface area contributed by atoms with Crippen molar-refractivity contribution in [2.75, 3.05) is 13.2 Å². The number of amides is 1. The molecule has 3 N–H and O–H groups in total. The topological polar surface area (TPSA) is 130 Å². The highest BCUT2D eigenvalue weighted by Crippen LogP contribution is 2.30. The van der Waals surface area contributed by atoms with Crippen molar-refractivity contribution in [2.45, 2.75) is 0 Å². The molecule has 0 unspecified atom stereocenters. The standard InChI is InChI=1S/C20H16N4O5S/c25-15-8-7-14(17-18(15)23-19(22-17)16-2-1-11-30-16)20(26)21-9-10-29-13-5-3-12(4-6-13)24(27)28/h1-8,11,25H,9-10H2,(H,21,26)(H,22,23). The van der Waals surface area contributed by atoms with Gasteiger partial charge in [0.05, 0.1) is 21.9 Å². The molecule has 0 saturated heterocycles. The van der Waals surface area contributed by atoms with Crippen molar-refractivity contribution in [1.29, 1.82) is 0 Å². The van der Waals surface area contributed by atoms with Crippen LogP contribution in [-0.2, 0) is 0 Å². The van der Waals surface area contributed by atoms with Gasteiger partial charge in [-0.1, -0.05) is 6.07 Å². The number of nitro groups is 1. The number of thiophene rings is 1. The fourth-order valence-corrected chi connectivity index (χ4v) is 3.55. The lowest BCUT2D eigenvalue weighted by molar-refractivity contribution is -0.384. The molecular weight excluding hydrogens is 408 g/mol. The average Bonchev–Trinajstić information content (AvgIpc) is 3.42. The molecule has 0 saturated carbocycles. The molecule has 4 rings (SSSR count). The van der Waals surface area contributed by atoms with E-state index in [0.29, 0.717) is 28.2 Å². The Bertz CT molecular complexity index is 1200. The number of H-pyrrole nitrogens is 1. The highest BCUT2D eigenvalue weighted by Gasteiger charge is 2.17. The van der Waals surface area contributed by atoms with Crippen LogP contribution >= 0.6 is 11.3 Å². The molecule has 0 aliphatic rings. The Balaban J connectivity index is 1.42. The fourth-order valence-electron chi connectivity index (χ4n) is 2.88. The van der Waals surface area contributed by atoms with E-state index in [1.165, 1.54) is 47.7 Å². The predicted octanol–water partition coefficient (Wildman–Crippen LogP) is 3.71. The number of carbonyl (C=O) groups excluding carboxylic acids is 1. The van der Waals surface area contributed by atoms with Crippen molar-refractivity contribution in [3.63, 3.8) is 0 Å². The minimum Gasteiger partial charge on any atom is -0.506 e.